The van der Waals surface area contributed by atoms with Gasteiger partial charge in [-0.25, -0.2) is 9.97 Å². The van der Waals surface area contributed by atoms with Crippen molar-refractivity contribution in [2.24, 2.45) is 0 Å². The van der Waals surface area contributed by atoms with Crippen LogP contribution >= 0.6 is 0 Å². The molecule has 0 aliphatic heterocycles. The van der Waals surface area contributed by atoms with E-state index >= 15 is 0 Å². The first-order valence-corrected chi connectivity index (χ1v) is 20.7. The lowest BCUT2D eigenvalue weighted by molar-refractivity contribution is 0.416. The van der Waals surface area contributed by atoms with Gasteiger partial charge in [-0.3, -0.25) is 4.40 Å². The lowest BCUT2D eigenvalue weighted by Gasteiger charge is -2.26. The monoisotopic (exact) mass is 781 g/mol. The summed E-state index contributed by atoms with van der Waals surface area (Å²) >= 11 is 0. The summed E-state index contributed by atoms with van der Waals surface area (Å²) in [5.74, 6) is 0.763. The SMILES string of the molecule is COc1ccccc1-c1cc(-c2cc(C(C)(C)C)cc(C(C)(C)C)c2)cc(-c2cc(-c3nc4c5ccccc5ccn4c3-c3ccccc3)cc3c2oc2ccccc23)n1. The molecule has 5 heteroatoms. The second-order valence-corrected chi connectivity index (χ2v) is 17.9. The lowest BCUT2D eigenvalue weighted by atomic mass is 9.79. The van der Waals surface area contributed by atoms with Gasteiger partial charge >= 0.3 is 0 Å². The van der Waals surface area contributed by atoms with Crippen LogP contribution in [0.2, 0.25) is 0 Å². The second kappa shape index (κ2) is 14.1. The van der Waals surface area contributed by atoms with Crippen molar-refractivity contribution in [1.29, 1.82) is 0 Å². The minimum atomic E-state index is -0.0536. The Labute approximate surface area is 351 Å². The number of methoxy groups -OCH3 is 1. The summed E-state index contributed by atoms with van der Waals surface area (Å²) in [5, 5.41) is 4.30. The van der Waals surface area contributed by atoms with Gasteiger partial charge in [0.05, 0.1) is 29.9 Å². The Kier molecular flexibility index (Phi) is 8.76. The number of nitrogens with zero attached hydrogens (tertiary/aromatic N) is 3. The molecule has 10 rings (SSSR count). The third kappa shape index (κ3) is 6.42. The number of fused-ring (bicyclic) bond motifs is 6. The number of hydrogen-bond acceptors (Lipinski definition) is 4. The van der Waals surface area contributed by atoms with Gasteiger partial charge in [0.15, 0.2) is 0 Å². The molecule has 60 heavy (non-hydrogen) atoms. The van der Waals surface area contributed by atoms with E-state index in [9.17, 15) is 0 Å². The van der Waals surface area contributed by atoms with Gasteiger partial charge in [-0.1, -0.05) is 145 Å². The molecule has 0 atom stereocenters. The predicted octanol–water partition coefficient (Wildman–Crippen LogP) is 14.7. The quantitative estimate of drug-likeness (QED) is 0.169. The van der Waals surface area contributed by atoms with Crippen LogP contribution in [0.15, 0.2) is 162 Å². The fourth-order valence-corrected chi connectivity index (χ4v) is 8.49. The summed E-state index contributed by atoms with van der Waals surface area (Å²) in [6.45, 7) is 13.7. The van der Waals surface area contributed by atoms with Gasteiger partial charge in [0.1, 0.15) is 22.6 Å². The Morgan fingerprint density at radius 3 is 1.88 bits per heavy atom. The van der Waals surface area contributed by atoms with E-state index in [-0.39, 0.29) is 10.8 Å². The van der Waals surface area contributed by atoms with Crippen molar-refractivity contribution in [2.45, 2.75) is 52.4 Å². The van der Waals surface area contributed by atoms with Crippen LogP contribution in [0.25, 0.3) is 94.5 Å². The van der Waals surface area contributed by atoms with E-state index in [2.05, 4.69) is 173 Å². The topological polar surface area (TPSA) is 52.6 Å². The van der Waals surface area contributed by atoms with Crippen LogP contribution in [0, 0.1) is 0 Å². The third-order valence-electron chi connectivity index (χ3n) is 11.8. The van der Waals surface area contributed by atoms with Crippen LogP contribution in [0.3, 0.4) is 0 Å². The minimum absolute atomic E-state index is 0.0536. The van der Waals surface area contributed by atoms with Gasteiger partial charge in [-0.2, -0.15) is 0 Å². The van der Waals surface area contributed by atoms with Crippen molar-refractivity contribution < 1.29 is 9.15 Å². The summed E-state index contributed by atoms with van der Waals surface area (Å²) in [5.41, 5.74) is 14.6. The van der Waals surface area contributed by atoms with Gasteiger partial charge in [0, 0.05) is 44.6 Å². The van der Waals surface area contributed by atoms with Crippen molar-refractivity contribution in [3.63, 3.8) is 0 Å². The number of ether oxygens (including phenoxy) is 1. The number of aromatic nitrogens is 3. The maximum Gasteiger partial charge on any atom is 0.145 e. The van der Waals surface area contributed by atoms with Crippen LogP contribution in [0.4, 0.5) is 0 Å². The van der Waals surface area contributed by atoms with Crippen molar-refractivity contribution in [3.05, 3.63) is 169 Å². The van der Waals surface area contributed by atoms with E-state index in [4.69, 9.17) is 19.1 Å². The molecule has 10 aromatic rings. The average molecular weight is 782 g/mol. The maximum absolute atomic E-state index is 6.83. The number of hydrogen-bond donors (Lipinski definition) is 0. The largest absolute Gasteiger partial charge is 0.496 e. The molecule has 0 N–H and O–H groups in total. The molecule has 6 aromatic carbocycles. The number of imidazole rings is 1. The average Bonchev–Trinajstić information content (AvgIpc) is 3.85. The Bertz CT molecular complexity index is 3230. The second-order valence-electron chi connectivity index (χ2n) is 17.9. The van der Waals surface area contributed by atoms with E-state index in [1.54, 1.807) is 7.11 Å². The highest BCUT2D eigenvalue weighted by molar-refractivity contribution is 6.12. The molecule has 0 radical (unpaired) electrons. The highest BCUT2D eigenvalue weighted by Gasteiger charge is 2.25. The van der Waals surface area contributed by atoms with Gasteiger partial charge in [-0.05, 0) is 87.0 Å². The molecular weight excluding hydrogens is 735 g/mol. The first-order chi connectivity index (χ1) is 28.9. The van der Waals surface area contributed by atoms with Gasteiger partial charge in [0.25, 0.3) is 0 Å². The number of benzene rings is 6. The first-order valence-electron chi connectivity index (χ1n) is 20.7. The molecule has 5 nitrogen and oxygen atoms in total. The number of pyridine rings is 2. The fourth-order valence-electron chi connectivity index (χ4n) is 8.49. The van der Waals surface area contributed by atoms with E-state index in [1.165, 1.54) is 11.1 Å². The molecule has 0 unspecified atom stereocenters. The van der Waals surface area contributed by atoms with Crippen LogP contribution in [-0.4, -0.2) is 21.5 Å². The molecule has 0 saturated carbocycles. The van der Waals surface area contributed by atoms with Crippen LogP contribution in [0.5, 0.6) is 5.75 Å². The minimum Gasteiger partial charge on any atom is -0.496 e. The Balaban J connectivity index is 1.31. The van der Waals surface area contributed by atoms with Crippen molar-refractivity contribution in [2.75, 3.05) is 7.11 Å². The smallest absolute Gasteiger partial charge is 0.145 e. The number of furan rings is 1. The molecule has 0 aliphatic carbocycles. The first kappa shape index (κ1) is 37.3. The molecule has 4 heterocycles. The highest BCUT2D eigenvalue weighted by atomic mass is 16.5. The van der Waals surface area contributed by atoms with E-state index < -0.39 is 0 Å². The van der Waals surface area contributed by atoms with Gasteiger partial charge in [-0.15, -0.1) is 0 Å². The molecule has 0 fully saturated rings. The predicted molar refractivity (Wildman–Crippen MR) is 249 cm³/mol. The normalized spacial score (nSPS) is 12.2. The van der Waals surface area contributed by atoms with E-state index in [1.807, 2.05) is 30.3 Å². The molecule has 294 valence electrons. The Hall–Kier alpha value is -6.98. The molecule has 0 bridgehead atoms. The summed E-state index contributed by atoms with van der Waals surface area (Å²) in [6, 6.07) is 53.6. The lowest BCUT2D eigenvalue weighted by Crippen LogP contribution is -2.16. The van der Waals surface area contributed by atoms with Crippen molar-refractivity contribution in [1.82, 2.24) is 14.4 Å². The van der Waals surface area contributed by atoms with Crippen LogP contribution < -0.4 is 4.74 Å². The maximum atomic E-state index is 6.83. The molecule has 4 aromatic heterocycles. The zero-order chi connectivity index (χ0) is 41.3. The van der Waals surface area contributed by atoms with Crippen LogP contribution in [0.1, 0.15) is 52.7 Å². The van der Waals surface area contributed by atoms with E-state index in [0.717, 1.165) is 100 Å². The summed E-state index contributed by atoms with van der Waals surface area (Å²) in [4.78, 5) is 11.0. The number of para-hydroxylation sites is 2. The fraction of sp³-hybridized carbons (Fsp3) is 0.164. The van der Waals surface area contributed by atoms with Crippen molar-refractivity contribution >= 4 is 38.4 Å². The molecule has 0 saturated heterocycles. The third-order valence-corrected chi connectivity index (χ3v) is 11.8. The van der Waals surface area contributed by atoms with Gasteiger partial charge < -0.3 is 9.15 Å². The Morgan fingerprint density at radius 1 is 0.517 bits per heavy atom. The van der Waals surface area contributed by atoms with Gasteiger partial charge in [0.2, 0.25) is 0 Å². The Morgan fingerprint density at radius 2 is 1.15 bits per heavy atom. The molecule has 0 spiro atoms. The number of rotatable bonds is 6. The summed E-state index contributed by atoms with van der Waals surface area (Å²) in [7, 11) is 1.72. The zero-order valence-corrected chi connectivity index (χ0v) is 35.2. The standard InChI is InChI=1S/C55H47N3O2/c1-54(2,3)39-27-36(28-40(33-39)55(4,5)6)37-31-46(43-22-14-15-23-48(43)59-7)56-47(32-37)45-30-38(29-44-42-21-13-16-24-49(42)60-52(44)45)50-51(35-18-9-8-10-19-35)58-26-25-34-17-11-12-20-41(34)53(58)57-50/h8-33H,1-7H3. The molecule has 0 aliphatic rings. The molecular formula is C55H47N3O2. The van der Waals surface area contributed by atoms with Crippen LogP contribution in [-0.2, 0) is 10.8 Å². The van der Waals surface area contributed by atoms with E-state index in [0.29, 0.717) is 0 Å². The summed E-state index contributed by atoms with van der Waals surface area (Å²) < 4.78 is 15.0. The highest BCUT2D eigenvalue weighted by Crippen LogP contribution is 2.44. The molecule has 0 amide bonds. The van der Waals surface area contributed by atoms with Crippen molar-refractivity contribution in [3.8, 4) is 61.9 Å². The summed E-state index contributed by atoms with van der Waals surface area (Å²) in [6.07, 6.45) is 2.14. The zero-order valence-electron chi connectivity index (χ0n) is 35.2.